The Kier molecular flexibility index (Phi) is 4.60. The molecule has 4 heterocycles. The molecule has 0 saturated carbocycles. The van der Waals surface area contributed by atoms with E-state index in [2.05, 4.69) is 154 Å². The molecule has 0 spiro atoms. The number of anilines is 2. The van der Waals surface area contributed by atoms with Crippen molar-refractivity contribution in [3.05, 3.63) is 157 Å². The summed E-state index contributed by atoms with van der Waals surface area (Å²) in [6, 6.07) is 48.1. The van der Waals surface area contributed by atoms with E-state index in [0.29, 0.717) is 0 Å². The summed E-state index contributed by atoms with van der Waals surface area (Å²) in [7, 11) is 0. The van der Waals surface area contributed by atoms with Crippen LogP contribution in [-0.4, -0.2) is 16.3 Å². The van der Waals surface area contributed by atoms with Crippen LogP contribution in [0.1, 0.15) is 5.56 Å². The van der Waals surface area contributed by atoms with Gasteiger partial charge in [-0.1, -0.05) is 91.0 Å². The first-order valence-corrected chi connectivity index (χ1v) is 15.8. The first kappa shape index (κ1) is 24.2. The lowest BCUT2D eigenvalue weighted by atomic mass is 9.92. The number of fused-ring (bicyclic) bond motifs is 12. The second-order valence-electron chi connectivity index (χ2n) is 12.3. The SMILES string of the molecule is C1=CC2=[N+](c3ccccc3)c3ccccc3N3c4c(ccc5c6ccccc6n(-c6ccc7oc8ccccc8c7c6)c45)C(=C1)C23. The quantitative estimate of drug-likeness (QED) is 0.188. The highest BCUT2D eigenvalue weighted by Gasteiger charge is 2.49. The number of para-hydroxylation sites is 5. The molecule has 11 rings (SSSR count). The molecule has 1 unspecified atom stereocenters. The minimum atomic E-state index is 0.0625. The Hall–Kier alpha value is -6.13. The molecular formula is C42H26N3O+. The van der Waals surface area contributed by atoms with Crippen LogP contribution >= 0.6 is 0 Å². The maximum atomic E-state index is 6.24. The van der Waals surface area contributed by atoms with E-state index in [1.807, 2.05) is 12.1 Å². The topological polar surface area (TPSA) is 24.3 Å². The van der Waals surface area contributed by atoms with Crippen molar-refractivity contribution >= 4 is 77.8 Å². The van der Waals surface area contributed by atoms with Crippen molar-refractivity contribution in [3.8, 4) is 5.69 Å². The van der Waals surface area contributed by atoms with Crippen LogP contribution in [0, 0.1) is 0 Å². The van der Waals surface area contributed by atoms with Gasteiger partial charge < -0.3 is 13.9 Å². The van der Waals surface area contributed by atoms with Crippen molar-refractivity contribution in [2.24, 2.45) is 0 Å². The van der Waals surface area contributed by atoms with Gasteiger partial charge in [-0.15, -0.1) is 0 Å². The number of hydrogen-bond acceptors (Lipinski definition) is 2. The highest BCUT2D eigenvalue weighted by atomic mass is 16.3. The zero-order valence-corrected chi connectivity index (χ0v) is 24.8. The second-order valence-corrected chi connectivity index (χ2v) is 12.3. The first-order valence-electron chi connectivity index (χ1n) is 15.8. The van der Waals surface area contributed by atoms with Crippen molar-refractivity contribution in [1.29, 1.82) is 0 Å². The van der Waals surface area contributed by atoms with Crippen LogP contribution in [0.5, 0.6) is 0 Å². The van der Waals surface area contributed by atoms with E-state index in [9.17, 15) is 0 Å². The molecule has 0 radical (unpaired) electrons. The molecule has 3 aliphatic rings. The molecule has 4 nitrogen and oxygen atoms in total. The van der Waals surface area contributed by atoms with Crippen LogP contribution in [0.25, 0.3) is 55.0 Å². The van der Waals surface area contributed by atoms with Gasteiger partial charge in [-0.25, -0.2) is 0 Å². The van der Waals surface area contributed by atoms with Gasteiger partial charge in [0.25, 0.3) is 0 Å². The van der Waals surface area contributed by atoms with Gasteiger partial charge in [-0.3, -0.25) is 0 Å². The lowest BCUT2D eigenvalue weighted by Crippen LogP contribution is -2.43. The van der Waals surface area contributed by atoms with E-state index in [0.717, 1.165) is 27.6 Å². The van der Waals surface area contributed by atoms with Crippen LogP contribution in [-0.2, 0) is 0 Å². The smallest absolute Gasteiger partial charge is 0.235 e. The van der Waals surface area contributed by atoms with Crippen molar-refractivity contribution < 1.29 is 4.42 Å². The third-order valence-corrected chi connectivity index (χ3v) is 10.0. The van der Waals surface area contributed by atoms with Crippen LogP contribution in [0.3, 0.4) is 0 Å². The number of nitrogens with zero attached hydrogens (tertiary/aromatic N) is 3. The molecule has 46 heavy (non-hydrogen) atoms. The number of benzene rings is 6. The molecule has 1 aliphatic carbocycles. The standard InChI is InChI=1S/C42H26N3O/c1-2-11-26(12-3-1)43-35-17-7-8-18-36(35)45-40-30(15-10-19-37(40)43)32-23-22-31-28-13-4-6-16-34(28)44(41(31)42(32)45)27-21-24-39-33(25-27)29-14-5-9-20-38(29)46-39/h1-25,40H/q+1. The number of allylic oxidation sites excluding steroid dienone is 2. The molecular weight excluding hydrogens is 562 g/mol. The first-order chi connectivity index (χ1) is 22.8. The van der Waals surface area contributed by atoms with E-state index in [1.54, 1.807) is 0 Å². The van der Waals surface area contributed by atoms with Gasteiger partial charge in [0.1, 0.15) is 22.9 Å². The van der Waals surface area contributed by atoms with Gasteiger partial charge in [0.05, 0.1) is 16.7 Å². The Balaban J connectivity index is 1.26. The van der Waals surface area contributed by atoms with Gasteiger partial charge in [0.2, 0.25) is 17.1 Å². The fourth-order valence-corrected chi connectivity index (χ4v) is 8.19. The average Bonchev–Trinajstić information content (AvgIpc) is 3.77. The number of aromatic nitrogens is 1. The van der Waals surface area contributed by atoms with E-state index >= 15 is 0 Å². The third kappa shape index (κ3) is 3.01. The monoisotopic (exact) mass is 588 g/mol. The molecule has 214 valence electrons. The fourth-order valence-electron chi connectivity index (χ4n) is 8.19. The molecule has 0 amide bonds. The molecule has 2 aliphatic heterocycles. The maximum Gasteiger partial charge on any atom is 0.235 e. The van der Waals surface area contributed by atoms with Crippen molar-refractivity contribution in [2.45, 2.75) is 6.04 Å². The lowest BCUT2D eigenvalue weighted by molar-refractivity contribution is 0.669. The molecule has 2 aromatic heterocycles. The Morgan fingerprint density at radius 3 is 2.35 bits per heavy atom. The van der Waals surface area contributed by atoms with E-state index in [1.165, 1.54) is 61.4 Å². The summed E-state index contributed by atoms with van der Waals surface area (Å²) in [6.45, 7) is 0. The fraction of sp³-hybridized carbons (Fsp3) is 0.0238. The third-order valence-electron chi connectivity index (χ3n) is 10.0. The molecule has 0 N–H and O–H groups in total. The summed E-state index contributed by atoms with van der Waals surface area (Å²) < 4.78 is 11.2. The van der Waals surface area contributed by atoms with Gasteiger partial charge in [-0.05, 0) is 42.0 Å². The van der Waals surface area contributed by atoms with Crippen LogP contribution in [0.4, 0.5) is 22.7 Å². The predicted octanol–water partition coefficient (Wildman–Crippen LogP) is 10.4. The van der Waals surface area contributed by atoms with Crippen molar-refractivity contribution in [3.63, 3.8) is 0 Å². The van der Waals surface area contributed by atoms with Crippen LogP contribution < -0.4 is 9.48 Å². The summed E-state index contributed by atoms with van der Waals surface area (Å²) in [5, 5.41) is 4.77. The number of hydrogen-bond donors (Lipinski definition) is 0. The molecule has 0 fully saturated rings. The average molecular weight is 589 g/mol. The summed E-state index contributed by atoms with van der Waals surface area (Å²) in [5.41, 5.74) is 14.1. The summed E-state index contributed by atoms with van der Waals surface area (Å²) in [6.07, 6.45) is 6.82. The Morgan fingerprint density at radius 1 is 0.630 bits per heavy atom. The van der Waals surface area contributed by atoms with Crippen LogP contribution in [0.15, 0.2) is 156 Å². The lowest BCUT2D eigenvalue weighted by Gasteiger charge is -2.33. The number of rotatable bonds is 2. The molecule has 6 aromatic carbocycles. The zero-order chi connectivity index (χ0) is 29.9. The Morgan fingerprint density at radius 2 is 1.41 bits per heavy atom. The van der Waals surface area contributed by atoms with Crippen molar-refractivity contribution in [1.82, 2.24) is 9.14 Å². The molecule has 0 bridgehead atoms. The van der Waals surface area contributed by atoms with Gasteiger partial charge in [0.15, 0.2) is 0 Å². The summed E-state index contributed by atoms with van der Waals surface area (Å²) >= 11 is 0. The highest BCUT2D eigenvalue weighted by molar-refractivity contribution is 6.25. The zero-order valence-electron chi connectivity index (χ0n) is 24.8. The second kappa shape index (κ2) is 8.74. The minimum absolute atomic E-state index is 0.0625. The van der Waals surface area contributed by atoms with Gasteiger partial charge in [-0.2, -0.15) is 4.58 Å². The Bertz CT molecular complexity index is 2700. The normalized spacial score (nSPS) is 16.4. The predicted molar refractivity (Wildman–Crippen MR) is 190 cm³/mol. The van der Waals surface area contributed by atoms with E-state index in [-0.39, 0.29) is 6.04 Å². The largest absolute Gasteiger partial charge is 0.456 e. The summed E-state index contributed by atoms with van der Waals surface area (Å²) in [4.78, 5) is 2.60. The van der Waals surface area contributed by atoms with Crippen LogP contribution in [0.2, 0.25) is 0 Å². The number of furan rings is 1. The molecule has 1 atom stereocenters. The van der Waals surface area contributed by atoms with Gasteiger partial charge in [0, 0.05) is 57.1 Å². The minimum Gasteiger partial charge on any atom is -0.456 e. The van der Waals surface area contributed by atoms with Crippen molar-refractivity contribution in [2.75, 3.05) is 4.90 Å². The van der Waals surface area contributed by atoms with Gasteiger partial charge >= 0.3 is 0 Å². The van der Waals surface area contributed by atoms with E-state index in [4.69, 9.17) is 4.42 Å². The van der Waals surface area contributed by atoms with E-state index < -0.39 is 0 Å². The highest BCUT2D eigenvalue weighted by Crippen LogP contribution is 2.55. The maximum absolute atomic E-state index is 6.24. The Labute approximate surface area is 264 Å². The molecule has 8 aromatic rings. The molecule has 4 heteroatoms. The molecule has 0 saturated heterocycles. The summed E-state index contributed by atoms with van der Waals surface area (Å²) in [5.74, 6) is 0.